The van der Waals surface area contributed by atoms with E-state index in [4.69, 9.17) is 23.8 Å². The number of aromatic nitrogens is 4. The summed E-state index contributed by atoms with van der Waals surface area (Å²) in [5.74, 6) is 0. The van der Waals surface area contributed by atoms with Gasteiger partial charge in [0.25, 0.3) is 0 Å². The molecule has 11 heavy (non-hydrogen) atoms. The molecule has 0 unspecified atom stereocenters. The van der Waals surface area contributed by atoms with Crippen molar-refractivity contribution in [3.05, 3.63) is 16.3 Å². The van der Waals surface area contributed by atoms with Crippen molar-refractivity contribution in [1.82, 2.24) is 19.9 Å². The Bertz CT molecular complexity index is 445. The molecule has 0 aliphatic carbocycles. The number of fused-ring (bicyclic) bond motifs is 1. The van der Waals surface area contributed by atoms with Crippen LogP contribution in [0.2, 0.25) is 5.28 Å². The number of halogens is 1. The van der Waals surface area contributed by atoms with Gasteiger partial charge in [-0.2, -0.15) is 0 Å². The van der Waals surface area contributed by atoms with Gasteiger partial charge in [-0.25, -0.2) is 9.97 Å². The highest BCUT2D eigenvalue weighted by Crippen LogP contribution is 2.09. The summed E-state index contributed by atoms with van der Waals surface area (Å²) in [6.07, 6.45) is 1.54. The highest BCUT2D eigenvalue weighted by molar-refractivity contribution is 7.71. The molecule has 0 bridgehead atoms. The lowest BCUT2D eigenvalue weighted by molar-refractivity contribution is 1.18. The first-order chi connectivity index (χ1) is 5.27. The van der Waals surface area contributed by atoms with Gasteiger partial charge in [0, 0.05) is 0 Å². The van der Waals surface area contributed by atoms with Crippen molar-refractivity contribution in [2.45, 2.75) is 0 Å². The molecule has 2 aromatic heterocycles. The lowest BCUT2D eigenvalue weighted by atomic mass is 10.6. The maximum absolute atomic E-state index is 5.59. The van der Waals surface area contributed by atoms with Crippen molar-refractivity contribution in [1.29, 1.82) is 0 Å². The van der Waals surface area contributed by atoms with Crippen molar-refractivity contribution in [3.63, 3.8) is 0 Å². The van der Waals surface area contributed by atoms with Crippen molar-refractivity contribution in [3.8, 4) is 0 Å². The molecule has 56 valence electrons. The van der Waals surface area contributed by atoms with Crippen LogP contribution in [0, 0.1) is 4.64 Å². The van der Waals surface area contributed by atoms with Gasteiger partial charge in [0.15, 0.2) is 10.3 Å². The Hall–Kier alpha value is -0.940. The van der Waals surface area contributed by atoms with Gasteiger partial charge >= 0.3 is 0 Å². The van der Waals surface area contributed by atoms with Crippen LogP contribution in [0.3, 0.4) is 0 Å². The van der Waals surface area contributed by atoms with Gasteiger partial charge in [-0.3, -0.25) is 0 Å². The SMILES string of the molecule is S=c1nc(Cl)[nH]c2nc[nH]c12. The van der Waals surface area contributed by atoms with Crippen LogP contribution in [0.15, 0.2) is 6.33 Å². The first-order valence-electron chi connectivity index (χ1n) is 2.86. The first-order valence-corrected chi connectivity index (χ1v) is 3.65. The molecule has 2 N–H and O–H groups in total. The van der Waals surface area contributed by atoms with Crippen LogP contribution in [-0.4, -0.2) is 19.9 Å². The zero-order valence-electron chi connectivity index (χ0n) is 5.26. The average molecular weight is 187 g/mol. The Morgan fingerprint density at radius 2 is 2.36 bits per heavy atom. The van der Waals surface area contributed by atoms with Crippen LogP contribution in [0.1, 0.15) is 0 Å². The molecule has 6 heteroatoms. The van der Waals surface area contributed by atoms with E-state index in [9.17, 15) is 0 Å². The Labute approximate surface area is 71.6 Å². The number of imidazole rings is 1. The fourth-order valence-corrected chi connectivity index (χ4v) is 1.29. The van der Waals surface area contributed by atoms with E-state index in [2.05, 4.69) is 19.9 Å². The largest absolute Gasteiger partial charge is 0.341 e. The molecule has 0 atom stereocenters. The Kier molecular flexibility index (Phi) is 1.40. The highest BCUT2D eigenvalue weighted by atomic mass is 35.5. The maximum atomic E-state index is 5.59. The minimum Gasteiger partial charge on any atom is -0.341 e. The molecule has 4 nitrogen and oxygen atoms in total. The topological polar surface area (TPSA) is 57.4 Å². The number of nitrogens with zero attached hydrogens (tertiary/aromatic N) is 2. The highest BCUT2D eigenvalue weighted by Gasteiger charge is 1.99. The van der Waals surface area contributed by atoms with Gasteiger partial charge < -0.3 is 9.97 Å². The van der Waals surface area contributed by atoms with Gasteiger partial charge in [-0.15, -0.1) is 0 Å². The number of H-pyrrole nitrogens is 2. The lowest BCUT2D eigenvalue weighted by Crippen LogP contribution is -1.84. The molecular formula is C5H3ClN4S. The third-order valence-corrected chi connectivity index (χ3v) is 1.75. The van der Waals surface area contributed by atoms with E-state index in [0.717, 1.165) is 0 Å². The predicted octanol–water partition coefficient (Wildman–Crippen LogP) is 1.67. The second-order valence-corrected chi connectivity index (χ2v) is 2.70. The quantitative estimate of drug-likeness (QED) is 0.486. The second-order valence-electron chi connectivity index (χ2n) is 1.96. The first kappa shape index (κ1) is 6.75. The Morgan fingerprint density at radius 1 is 1.55 bits per heavy atom. The normalized spacial score (nSPS) is 10.6. The summed E-state index contributed by atoms with van der Waals surface area (Å²) < 4.78 is 0.432. The van der Waals surface area contributed by atoms with Crippen molar-refractivity contribution in [2.24, 2.45) is 0 Å². The summed E-state index contributed by atoms with van der Waals surface area (Å²) in [6, 6.07) is 0. The number of rotatable bonds is 0. The number of nitrogens with one attached hydrogen (secondary N) is 2. The van der Waals surface area contributed by atoms with E-state index in [0.29, 0.717) is 15.8 Å². The van der Waals surface area contributed by atoms with Crippen LogP contribution in [0.25, 0.3) is 11.2 Å². The molecule has 0 saturated carbocycles. The fraction of sp³-hybridized carbons (Fsp3) is 0. The average Bonchev–Trinajstić information content (AvgIpc) is 2.34. The van der Waals surface area contributed by atoms with E-state index in [1.165, 1.54) is 6.33 Å². The summed E-state index contributed by atoms with van der Waals surface area (Å²) in [6.45, 7) is 0. The van der Waals surface area contributed by atoms with Crippen LogP contribution in [0.5, 0.6) is 0 Å². The van der Waals surface area contributed by atoms with Crippen LogP contribution in [-0.2, 0) is 0 Å². The van der Waals surface area contributed by atoms with Gasteiger partial charge in [0.1, 0.15) is 5.52 Å². The molecule has 0 aliphatic heterocycles. The Morgan fingerprint density at radius 3 is 3.18 bits per heavy atom. The van der Waals surface area contributed by atoms with Crippen molar-refractivity contribution >= 4 is 35.0 Å². The van der Waals surface area contributed by atoms with E-state index in [1.54, 1.807) is 0 Å². The fourth-order valence-electron chi connectivity index (χ4n) is 0.823. The zero-order valence-corrected chi connectivity index (χ0v) is 6.83. The number of hydrogen-bond acceptors (Lipinski definition) is 3. The minimum atomic E-state index is 0.259. The van der Waals surface area contributed by atoms with Gasteiger partial charge in [0.2, 0.25) is 5.28 Å². The van der Waals surface area contributed by atoms with E-state index in [-0.39, 0.29) is 5.28 Å². The van der Waals surface area contributed by atoms with Crippen LogP contribution >= 0.6 is 23.8 Å². The summed E-state index contributed by atoms with van der Waals surface area (Å²) in [5.41, 5.74) is 1.35. The third-order valence-electron chi connectivity index (χ3n) is 1.27. The van der Waals surface area contributed by atoms with E-state index < -0.39 is 0 Å². The van der Waals surface area contributed by atoms with Crippen LogP contribution in [0.4, 0.5) is 0 Å². The second kappa shape index (κ2) is 2.28. The predicted molar refractivity (Wildman–Crippen MR) is 44.1 cm³/mol. The third kappa shape index (κ3) is 1.02. The van der Waals surface area contributed by atoms with E-state index >= 15 is 0 Å². The molecule has 0 aliphatic rings. The molecule has 0 spiro atoms. The van der Waals surface area contributed by atoms with Crippen molar-refractivity contribution < 1.29 is 0 Å². The number of hydrogen-bond donors (Lipinski definition) is 2. The molecular weight excluding hydrogens is 184 g/mol. The standard InChI is InChI=1S/C5H3ClN4S/c6-5-9-3-2(4(11)10-5)7-1-8-3/h1H,(H2,7,8,9,10,11). The van der Waals surface area contributed by atoms with Gasteiger partial charge in [0.05, 0.1) is 6.33 Å². The lowest BCUT2D eigenvalue weighted by Gasteiger charge is -1.89. The molecule has 2 heterocycles. The zero-order chi connectivity index (χ0) is 7.84. The van der Waals surface area contributed by atoms with E-state index in [1.807, 2.05) is 0 Å². The summed E-state index contributed by atoms with van der Waals surface area (Å²) in [7, 11) is 0. The Balaban J connectivity index is 3.02. The van der Waals surface area contributed by atoms with Gasteiger partial charge in [-0.05, 0) is 11.6 Å². The molecule has 0 radical (unpaired) electrons. The number of aromatic amines is 2. The molecule has 0 amide bonds. The van der Waals surface area contributed by atoms with Gasteiger partial charge in [-0.1, -0.05) is 12.2 Å². The monoisotopic (exact) mass is 186 g/mol. The smallest absolute Gasteiger partial charge is 0.203 e. The summed E-state index contributed by atoms with van der Waals surface area (Å²) >= 11 is 10.5. The summed E-state index contributed by atoms with van der Waals surface area (Å²) in [4.78, 5) is 13.4. The molecule has 0 saturated heterocycles. The molecule has 2 aromatic rings. The molecule has 0 aromatic carbocycles. The van der Waals surface area contributed by atoms with Crippen molar-refractivity contribution in [2.75, 3.05) is 0 Å². The van der Waals surface area contributed by atoms with Crippen LogP contribution < -0.4 is 0 Å². The summed E-state index contributed by atoms with van der Waals surface area (Å²) in [5, 5.41) is 0.259. The molecule has 2 rings (SSSR count). The molecule has 0 fully saturated rings. The minimum absolute atomic E-state index is 0.259. The maximum Gasteiger partial charge on any atom is 0.203 e.